The van der Waals surface area contributed by atoms with E-state index in [-0.39, 0.29) is 38.2 Å². The van der Waals surface area contributed by atoms with Crippen molar-refractivity contribution in [3.05, 3.63) is 63.3 Å². The van der Waals surface area contributed by atoms with E-state index >= 15 is 0 Å². The summed E-state index contributed by atoms with van der Waals surface area (Å²) in [5.41, 5.74) is 5.14. The van der Waals surface area contributed by atoms with Gasteiger partial charge in [0.2, 0.25) is 0 Å². The van der Waals surface area contributed by atoms with Gasteiger partial charge in [-0.15, -0.1) is 0 Å². The maximum absolute atomic E-state index is 13.6. The first kappa shape index (κ1) is 20.0. The number of aromatic nitrogens is 2. The molecule has 0 fully saturated rings. The number of hydrogen-bond acceptors (Lipinski definition) is 3. The molecule has 0 bridgehead atoms. The highest BCUT2D eigenvalue weighted by atomic mass is 35.5. The van der Waals surface area contributed by atoms with Crippen LogP contribution in [-0.4, -0.2) is 20.9 Å². The monoisotopic (exact) mass is 429 g/mol. The first-order chi connectivity index (χ1) is 13.0. The summed E-state index contributed by atoms with van der Waals surface area (Å²) in [4.78, 5) is 11.2. The van der Waals surface area contributed by atoms with Crippen molar-refractivity contribution >= 4 is 35.0 Å². The number of aromatic carboxylic acids is 1. The first-order valence-corrected chi connectivity index (χ1v) is 8.51. The Morgan fingerprint density at radius 2 is 1.82 bits per heavy atom. The van der Waals surface area contributed by atoms with Crippen molar-refractivity contribution in [2.45, 2.75) is 13.1 Å². The third-order valence-corrected chi connectivity index (χ3v) is 4.82. The highest BCUT2D eigenvalue weighted by Crippen LogP contribution is 2.42. The summed E-state index contributed by atoms with van der Waals surface area (Å²) in [5.74, 6) is -1.42. The second-order valence-corrected chi connectivity index (χ2v) is 6.77. The molecule has 0 aliphatic carbocycles. The molecular weight excluding hydrogens is 418 g/mol. The molecule has 0 saturated heterocycles. The number of nitrogens with zero attached hydrogens (tertiary/aromatic N) is 2. The van der Waals surface area contributed by atoms with Crippen LogP contribution in [0.2, 0.25) is 10.0 Å². The summed E-state index contributed by atoms with van der Waals surface area (Å²) in [6, 6.07) is 8.00. The van der Waals surface area contributed by atoms with Crippen LogP contribution in [0.5, 0.6) is 0 Å². The van der Waals surface area contributed by atoms with Crippen LogP contribution in [-0.2, 0) is 6.18 Å². The van der Waals surface area contributed by atoms with Gasteiger partial charge in [-0.25, -0.2) is 9.48 Å². The molecule has 0 radical (unpaired) electrons. The number of carbonyl (C=O) groups is 1. The van der Waals surface area contributed by atoms with Crippen LogP contribution in [0.3, 0.4) is 0 Å². The van der Waals surface area contributed by atoms with Crippen molar-refractivity contribution in [3.63, 3.8) is 0 Å². The average Bonchev–Trinajstić information content (AvgIpc) is 2.94. The highest BCUT2D eigenvalue weighted by Gasteiger charge is 2.39. The van der Waals surface area contributed by atoms with Gasteiger partial charge in [0.15, 0.2) is 5.69 Å². The maximum atomic E-state index is 13.6. The zero-order chi connectivity index (χ0) is 20.8. The van der Waals surface area contributed by atoms with E-state index in [4.69, 9.17) is 34.0 Å². The molecule has 0 atom stereocenters. The lowest BCUT2D eigenvalue weighted by Gasteiger charge is -2.09. The standard InChI is InChI=1S/C18H12Cl2F3N3O2/c1-8-6-10(3-4-11(8)17(27)28)26-16(24)14(15(25-26)18(21,22)23)9-2-5-12(19)13(20)7-9/h2-7H,24H2,1H3,(H,27,28). The van der Waals surface area contributed by atoms with Crippen molar-refractivity contribution in [2.24, 2.45) is 0 Å². The van der Waals surface area contributed by atoms with Gasteiger partial charge in [0, 0.05) is 0 Å². The average molecular weight is 430 g/mol. The zero-order valence-corrected chi connectivity index (χ0v) is 15.7. The molecule has 146 valence electrons. The second kappa shape index (κ2) is 7.03. The molecule has 2 aromatic carbocycles. The Labute approximate surface area is 167 Å². The zero-order valence-electron chi connectivity index (χ0n) is 14.2. The number of halogens is 5. The number of hydrogen-bond donors (Lipinski definition) is 2. The Balaban J connectivity index is 2.25. The van der Waals surface area contributed by atoms with E-state index in [0.29, 0.717) is 5.56 Å². The summed E-state index contributed by atoms with van der Waals surface area (Å²) in [7, 11) is 0. The molecule has 3 aromatic rings. The molecule has 3 rings (SSSR count). The van der Waals surface area contributed by atoms with Gasteiger partial charge in [-0.05, 0) is 48.4 Å². The summed E-state index contributed by atoms with van der Waals surface area (Å²) in [6.45, 7) is 1.52. The Morgan fingerprint density at radius 3 is 2.36 bits per heavy atom. The number of carboxylic acids is 1. The molecule has 5 nitrogen and oxygen atoms in total. The maximum Gasteiger partial charge on any atom is 0.435 e. The lowest BCUT2D eigenvalue weighted by Crippen LogP contribution is -2.09. The van der Waals surface area contributed by atoms with Crippen LogP contribution < -0.4 is 5.73 Å². The fourth-order valence-corrected chi connectivity index (χ4v) is 3.08. The van der Waals surface area contributed by atoms with Crippen molar-refractivity contribution in [2.75, 3.05) is 5.73 Å². The molecule has 0 aliphatic heterocycles. The smallest absolute Gasteiger partial charge is 0.435 e. The lowest BCUT2D eigenvalue weighted by atomic mass is 10.0. The van der Waals surface area contributed by atoms with Crippen LogP contribution in [0.4, 0.5) is 19.0 Å². The summed E-state index contributed by atoms with van der Waals surface area (Å²) >= 11 is 11.8. The van der Waals surface area contributed by atoms with Crippen molar-refractivity contribution in [1.82, 2.24) is 9.78 Å². The molecule has 3 N–H and O–H groups in total. The summed E-state index contributed by atoms with van der Waals surface area (Å²) in [6.07, 6.45) is -4.78. The minimum Gasteiger partial charge on any atom is -0.478 e. The van der Waals surface area contributed by atoms with E-state index in [1.807, 2.05) is 0 Å². The van der Waals surface area contributed by atoms with E-state index in [9.17, 15) is 18.0 Å². The third kappa shape index (κ3) is 3.53. The molecule has 28 heavy (non-hydrogen) atoms. The van der Waals surface area contributed by atoms with Crippen LogP contribution in [0.15, 0.2) is 36.4 Å². The van der Waals surface area contributed by atoms with E-state index in [1.165, 1.54) is 43.3 Å². The third-order valence-electron chi connectivity index (χ3n) is 4.08. The summed E-state index contributed by atoms with van der Waals surface area (Å²) < 4.78 is 41.7. The Hall–Kier alpha value is -2.71. The van der Waals surface area contributed by atoms with E-state index in [0.717, 1.165) is 4.68 Å². The number of nitrogen functional groups attached to an aromatic ring is 1. The molecular formula is C18H12Cl2F3N3O2. The molecule has 10 heteroatoms. The number of alkyl halides is 3. The van der Waals surface area contributed by atoms with Crippen LogP contribution >= 0.6 is 23.2 Å². The fraction of sp³-hybridized carbons (Fsp3) is 0.111. The quantitative estimate of drug-likeness (QED) is 0.579. The van der Waals surface area contributed by atoms with E-state index < -0.39 is 17.8 Å². The van der Waals surface area contributed by atoms with Gasteiger partial charge in [-0.3, -0.25) is 0 Å². The van der Waals surface area contributed by atoms with Gasteiger partial charge < -0.3 is 10.8 Å². The number of nitrogens with two attached hydrogens (primary N) is 1. The Bertz CT molecular complexity index is 1090. The first-order valence-electron chi connectivity index (χ1n) is 7.76. The van der Waals surface area contributed by atoms with Crippen LogP contribution in [0, 0.1) is 6.92 Å². The number of rotatable bonds is 3. The van der Waals surface area contributed by atoms with Gasteiger partial charge in [-0.1, -0.05) is 29.3 Å². The summed E-state index contributed by atoms with van der Waals surface area (Å²) in [5, 5.41) is 13.0. The molecule has 1 heterocycles. The molecule has 0 aliphatic rings. The van der Waals surface area contributed by atoms with Gasteiger partial charge in [0.1, 0.15) is 5.82 Å². The minimum absolute atomic E-state index is 0.0234. The molecule has 0 amide bonds. The Morgan fingerprint density at radius 1 is 1.14 bits per heavy atom. The SMILES string of the molecule is Cc1cc(-n2nc(C(F)(F)F)c(-c3ccc(Cl)c(Cl)c3)c2N)ccc1C(=O)O. The molecule has 0 unspecified atom stereocenters. The van der Waals surface area contributed by atoms with Crippen LogP contribution in [0.1, 0.15) is 21.6 Å². The van der Waals surface area contributed by atoms with Gasteiger partial charge in [-0.2, -0.15) is 18.3 Å². The number of carboxylic acid groups (broad SMARTS) is 1. The predicted octanol–water partition coefficient (Wildman–Crippen LogP) is 5.45. The van der Waals surface area contributed by atoms with E-state index in [1.54, 1.807) is 0 Å². The molecule has 1 aromatic heterocycles. The van der Waals surface area contributed by atoms with Crippen LogP contribution in [0.25, 0.3) is 16.8 Å². The van der Waals surface area contributed by atoms with Gasteiger partial charge in [0.25, 0.3) is 0 Å². The normalized spacial score (nSPS) is 11.6. The van der Waals surface area contributed by atoms with E-state index in [2.05, 4.69) is 5.10 Å². The Kier molecular flexibility index (Phi) is 5.03. The number of anilines is 1. The lowest BCUT2D eigenvalue weighted by molar-refractivity contribution is -0.140. The van der Waals surface area contributed by atoms with Gasteiger partial charge in [0.05, 0.1) is 26.9 Å². The van der Waals surface area contributed by atoms with Crippen molar-refractivity contribution in [3.8, 4) is 16.8 Å². The number of benzene rings is 2. The second-order valence-electron chi connectivity index (χ2n) is 5.95. The topological polar surface area (TPSA) is 81.1 Å². The molecule has 0 spiro atoms. The molecule has 0 saturated carbocycles. The predicted molar refractivity (Wildman–Crippen MR) is 100 cm³/mol. The number of aryl methyl sites for hydroxylation is 1. The highest BCUT2D eigenvalue weighted by molar-refractivity contribution is 6.42. The van der Waals surface area contributed by atoms with Crippen molar-refractivity contribution in [1.29, 1.82) is 0 Å². The van der Waals surface area contributed by atoms with Crippen molar-refractivity contribution < 1.29 is 23.1 Å². The minimum atomic E-state index is -4.78. The fourth-order valence-electron chi connectivity index (χ4n) is 2.78. The largest absolute Gasteiger partial charge is 0.478 e. The van der Waals surface area contributed by atoms with Gasteiger partial charge >= 0.3 is 12.1 Å².